The number of para-hydroxylation sites is 1. The van der Waals surface area contributed by atoms with E-state index in [1.165, 1.54) is 11.3 Å². The van der Waals surface area contributed by atoms with Crippen LogP contribution >= 0.6 is 11.3 Å². The van der Waals surface area contributed by atoms with E-state index in [0.29, 0.717) is 22.9 Å². The van der Waals surface area contributed by atoms with Crippen LogP contribution in [0.2, 0.25) is 0 Å². The van der Waals surface area contributed by atoms with Crippen molar-refractivity contribution in [1.29, 1.82) is 0 Å². The molecule has 1 aliphatic heterocycles. The molecule has 0 bridgehead atoms. The van der Waals surface area contributed by atoms with Gasteiger partial charge in [0.2, 0.25) is 0 Å². The fourth-order valence-corrected chi connectivity index (χ4v) is 5.16. The minimum atomic E-state index is -0.556. The Morgan fingerprint density at radius 1 is 1.08 bits per heavy atom. The number of amides is 1. The number of hydrogen-bond donors (Lipinski definition) is 1. The molecule has 3 aromatic rings. The lowest BCUT2D eigenvalue weighted by atomic mass is 10.1. The van der Waals surface area contributed by atoms with Crippen LogP contribution in [0.5, 0.6) is 11.5 Å². The van der Waals surface area contributed by atoms with Crippen LogP contribution in [0.3, 0.4) is 0 Å². The summed E-state index contributed by atoms with van der Waals surface area (Å²) in [6.45, 7) is 8.80. The van der Waals surface area contributed by atoms with Crippen LogP contribution < -0.4 is 15.0 Å². The van der Waals surface area contributed by atoms with Gasteiger partial charge in [-0.3, -0.25) is 0 Å². The third-order valence-electron chi connectivity index (χ3n) is 5.69. The Balaban J connectivity index is 1.54. The van der Waals surface area contributed by atoms with E-state index in [-0.39, 0.29) is 12.6 Å². The fraction of sp³-hybridized carbons (Fsp3) is 0.393. The number of aromatic nitrogens is 1. The monoisotopic (exact) mass is 523 g/mol. The van der Waals surface area contributed by atoms with E-state index in [2.05, 4.69) is 10.2 Å². The molecule has 196 valence electrons. The van der Waals surface area contributed by atoms with E-state index < -0.39 is 17.7 Å². The Bertz CT molecular complexity index is 1200. The molecule has 9 heteroatoms. The molecule has 0 radical (unpaired) electrons. The van der Waals surface area contributed by atoms with Gasteiger partial charge in [-0.1, -0.05) is 29.5 Å². The van der Waals surface area contributed by atoms with Gasteiger partial charge in [0.25, 0.3) is 0 Å². The molecule has 0 unspecified atom stereocenters. The summed E-state index contributed by atoms with van der Waals surface area (Å²) in [4.78, 5) is 32.5. The lowest BCUT2D eigenvalue weighted by Gasteiger charge is -2.25. The first-order valence-electron chi connectivity index (χ1n) is 12.5. The molecule has 1 fully saturated rings. The summed E-state index contributed by atoms with van der Waals surface area (Å²) in [5.74, 6) is 1.04. The van der Waals surface area contributed by atoms with Crippen molar-refractivity contribution >= 4 is 28.5 Å². The standard InChI is InChI=1S/C28H33N3O5S/c1-5-34-25(32)24-23(19-13-15-22(16-14-19)35-21-11-7-6-8-12-21)30-26(37-24)31-17-9-10-20(31)18-29-27(33)36-28(2,3)4/h6-8,11-16,20H,5,9-10,17-18H2,1-4H3,(H,29,33)/t20-/m1/s1. The summed E-state index contributed by atoms with van der Waals surface area (Å²) >= 11 is 1.32. The van der Waals surface area contributed by atoms with Crippen LogP contribution in [0.25, 0.3) is 11.3 Å². The normalized spacial score (nSPS) is 15.4. The van der Waals surface area contributed by atoms with Gasteiger partial charge in [0, 0.05) is 24.7 Å². The van der Waals surface area contributed by atoms with Crippen molar-refractivity contribution < 1.29 is 23.8 Å². The van der Waals surface area contributed by atoms with Crippen molar-refractivity contribution in [3.63, 3.8) is 0 Å². The summed E-state index contributed by atoms with van der Waals surface area (Å²) in [7, 11) is 0. The molecule has 1 N–H and O–H groups in total. The first-order chi connectivity index (χ1) is 17.7. The summed E-state index contributed by atoms with van der Waals surface area (Å²) in [6.07, 6.45) is 1.44. The highest BCUT2D eigenvalue weighted by Gasteiger charge is 2.31. The first kappa shape index (κ1) is 26.5. The number of nitrogens with zero attached hydrogens (tertiary/aromatic N) is 2. The molecule has 1 aliphatic rings. The molecule has 0 spiro atoms. The number of rotatable bonds is 8. The van der Waals surface area contributed by atoms with Crippen LogP contribution in [0.1, 0.15) is 50.2 Å². The summed E-state index contributed by atoms with van der Waals surface area (Å²) in [6, 6.07) is 17.1. The molecule has 4 rings (SSSR count). The van der Waals surface area contributed by atoms with Gasteiger partial charge in [0.15, 0.2) is 5.13 Å². The van der Waals surface area contributed by atoms with Gasteiger partial charge in [-0.25, -0.2) is 14.6 Å². The lowest BCUT2D eigenvalue weighted by Crippen LogP contribution is -2.42. The summed E-state index contributed by atoms with van der Waals surface area (Å²) in [5.41, 5.74) is 0.823. The summed E-state index contributed by atoms with van der Waals surface area (Å²) in [5, 5.41) is 3.60. The number of ether oxygens (including phenoxy) is 3. The molecule has 0 saturated carbocycles. The van der Waals surface area contributed by atoms with Gasteiger partial charge in [-0.05, 0) is 76.9 Å². The molecule has 2 heterocycles. The van der Waals surface area contributed by atoms with Crippen LogP contribution in [0, 0.1) is 0 Å². The van der Waals surface area contributed by atoms with Crippen molar-refractivity contribution in [3.05, 3.63) is 59.5 Å². The Labute approximate surface area is 221 Å². The maximum atomic E-state index is 12.8. The molecule has 0 aliphatic carbocycles. The number of carbonyl (C=O) groups is 2. The summed E-state index contributed by atoms with van der Waals surface area (Å²) < 4.78 is 16.6. The van der Waals surface area contributed by atoms with Gasteiger partial charge >= 0.3 is 12.1 Å². The smallest absolute Gasteiger partial charge is 0.407 e. The Morgan fingerprint density at radius 3 is 2.46 bits per heavy atom. The molecule has 1 amide bonds. The highest BCUT2D eigenvalue weighted by molar-refractivity contribution is 7.18. The lowest BCUT2D eigenvalue weighted by molar-refractivity contribution is 0.0517. The fourth-order valence-electron chi connectivity index (χ4n) is 4.08. The third-order valence-corrected chi connectivity index (χ3v) is 6.76. The third kappa shape index (κ3) is 7.01. The van der Waals surface area contributed by atoms with Crippen LogP contribution in [-0.2, 0) is 9.47 Å². The molecular formula is C28H33N3O5S. The number of thiazole rings is 1. The van der Waals surface area contributed by atoms with Gasteiger partial charge < -0.3 is 24.4 Å². The molecule has 1 aromatic heterocycles. The number of esters is 1. The molecular weight excluding hydrogens is 490 g/mol. The van der Waals surface area contributed by atoms with Crippen LogP contribution in [0.4, 0.5) is 9.93 Å². The highest BCUT2D eigenvalue weighted by atomic mass is 32.1. The predicted molar refractivity (Wildman–Crippen MR) is 145 cm³/mol. The average Bonchev–Trinajstić information content (AvgIpc) is 3.50. The van der Waals surface area contributed by atoms with E-state index in [4.69, 9.17) is 19.2 Å². The van der Waals surface area contributed by atoms with Gasteiger partial charge in [0.05, 0.1) is 12.3 Å². The second-order valence-corrected chi connectivity index (χ2v) is 10.7. The van der Waals surface area contributed by atoms with Crippen molar-refractivity contribution in [2.24, 2.45) is 0 Å². The maximum absolute atomic E-state index is 12.8. The Morgan fingerprint density at radius 2 is 1.78 bits per heavy atom. The zero-order valence-corrected chi connectivity index (χ0v) is 22.5. The number of hydrogen-bond acceptors (Lipinski definition) is 8. The largest absolute Gasteiger partial charge is 0.462 e. The molecule has 37 heavy (non-hydrogen) atoms. The van der Waals surface area contributed by atoms with Gasteiger partial charge in [0.1, 0.15) is 22.0 Å². The molecule has 2 aromatic carbocycles. The predicted octanol–water partition coefficient (Wildman–Crippen LogP) is 6.27. The van der Waals surface area contributed by atoms with Crippen LogP contribution in [0.15, 0.2) is 54.6 Å². The van der Waals surface area contributed by atoms with Crippen molar-refractivity contribution in [2.75, 3.05) is 24.6 Å². The number of anilines is 1. The zero-order chi connectivity index (χ0) is 26.4. The van der Waals surface area contributed by atoms with E-state index in [1.807, 2.05) is 75.4 Å². The van der Waals surface area contributed by atoms with Gasteiger partial charge in [-0.2, -0.15) is 0 Å². The number of benzene rings is 2. The van der Waals surface area contributed by atoms with Crippen molar-refractivity contribution in [3.8, 4) is 22.8 Å². The first-order valence-corrected chi connectivity index (χ1v) is 13.3. The quantitative estimate of drug-likeness (QED) is 0.348. The van der Waals surface area contributed by atoms with E-state index in [9.17, 15) is 9.59 Å². The number of carbonyl (C=O) groups excluding carboxylic acids is 2. The Hall–Kier alpha value is -3.59. The van der Waals surface area contributed by atoms with Crippen LogP contribution in [-0.4, -0.2) is 48.4 Å². The zero-order valence-electron chi connectivity index (χ0n) is 21.7. The second-order valence-electron chi connectivity index (χ2n) is 9.71. The van der Waals surface area contributed by atoms with E-state index in [0.717, 1.165) is 35.8 Å². The molecule has 1 saturated heterocycles. The number of nitrogens with one attached hydrogen (secondary N) is 1. The highest BCUT2D eigenvalue weighted by Crippen LogP contribution is 2.37. The molecule has 1 atom stereocenters. The second kappa shape index (κ2) is 11.6. The minimum absolute atomic E-state index is 0.0585. The SMILES string of the molecule is CCOC(=O)c1sc(N2CCC[C@@H]2CNC(=O)OC(C)(C)C)nc1-c1ccc(Oc2ccccc2)cc1. The van der Waals surface area contributed by atoms with Crippen molar-refractivity contribution in [2.45, 2.75) is 52.2 Å². The maximum Gasteiger partial charge on any atom is 0.407 e. The minimum Gasteiger partial charge on any atom is -0.462 e. The van der Waals surface area contributed by atoms with E-state index >= 15 is 0 Å². The average molecular weight is 524 g/mol. The Kier molecular flexibility index (Phi) is 8.33. The van der Waals surface area contributed by atoms with Crippen molar-refractivity contribution in [1.82, 2.24) is 10.3 Å². The van der Waals surface area contributed by atoms with E-state index in [1.54, 1.807) is 6.92 Å². The van der Waals surface area contributed by atoms with Gasteiger partial charge in [-0.15, -0.1) is 0 Å². The number of alkyl carbamates (subject to hydrolysis) is 1. The molecule has 8 nitrogen and oxygen atoms in total. The topological polar surface area (TPSA) is 90.0 Å².